The van der Waals surface area contributed by atoms with E-state index in [-0.39, 0.29) is 12.2 Å². The fourth-order valence-corrected chi connectivity index (χ4v) is 2.05. The number of carbonyl (C=O) groups is 2. The van der Waals surface area contributed by atoms with E-state index in [4.69, 9.17) is 19.7 Å². The van der Waals surface area contributed by atoms with Crippen molar-refractivity contribution < 1.29 is 29.3 Å². The predicted octanol–water partition coefficient (Wildman–Crippen LogP) is 3.18. The molecule has 2 N–H and O–H groups in total. The lowest BCUT2D eigenvalue weighted by Crippen LogP contribution is -2.11. The van der Waals surface area contributed by atoms with E-state index in [0.717, 1.165) is 12.8 Å². The number of aliphatic hydroxyl groups is 2. The number of methoxy groups -OCH3 is 1. The Balaban J connectivity index is 0.000000502. The molecule has 0 radical (unpaired) electrons. The van der Waals surface area contributed by atoms with Gasteiger partial charge in [-0.05, 0) is 37.8 Å². The van der Waals surface area contributed by atoms with Crippen molar-refractivity contribution in [3.63, 3.8) is 0 Å². The molecule has 0 unspecified atom stereocenters. The molecule has 6 heteroatoms. The van der Waals surface area contributed by atoms with Gasteiger partial charge in [-0.3, -0.25) is 9.59 Å². The van der Waals surface area contributed by atoms with Crippen LogP contribution in [0.15, 0.2) is 36.9 Å². The molecule has 1 aromatic rings. The molecule has 0 heterocycles. The minimum absolute atomic E-state index is 0.0376. The fourth-order valence-electron chi connectivity index (χ4n) is 2.05. The zero-order chi connectivity index (χ0) is 19.9. The molecule has 0 saturated heterocycles. The topological polar surface area (TPSA) is 93.1 Å². The first-order valence-electron chi connectivity index (χ1n) is 8.62. The Morgan fingerprint density at radius 1 is 1.23 bits per heavy atom. The highest BCUT2D eigenvalue weighted by molar-refractivity contribution is 5.95. The monoisotopic (exact) mass is 366 g/mol. The number of aliphatic hydroxyl groups excluding tert-OH is 1. The molecule has 0 spiro atoms. The molecule has 1 atom stereocenters. The lowest BCUT2D eigenvalue weighted by molar-refractivity contribution is -0.145. The van der Waals surface area contributed by atoms with Gasteiger partial charge in [0.2, 0.25) is 0 Å². The first kappa shape index (κ1) is 23.8. The Morgan fingerprint density at radius 2 is 1.85 bits per heavy atom. The van der Waals surface area contributed by atoms with Crippen LogP contribution < -0.4 is 4.74 Å². The number of esters is 1. The van der Waals surface area contributed by atoms with Gasteiger partial charge in [-0.2, -0.15) is 0 Å². The largest absolute Gasteiger partial charge is 0.497 e. The molecule has 0 bridgehead atoms. The standard InChI is InChI=1S/C12H20O3.C8H10O3/c1-4-6-10(3)7-8-11(13)9-12(14)15-5-2;1-11-7-4-2-6(3-5-7)8(9)10/h4,10H,1,5-9H2,2-3H3;2-5,8-10H,1H3/t10-;/m1./s1. The number of rotatable bonds is 10. The Labute approximate surface area is 155 Å². The summed E-state index contributed by atoms with van der Waals surface area (Å²) in [6.45, 7) is 7.77. The maximum Gasteiger partial charge on any atom is 0.313 e. The summed E-state index contributed by atoms with van der Waals surface area (Å²) in [5.41, 5.74) is 0.464. The number of allylic oxidation sites excluding steroid dienone is 1. The van der Waals surface area contributed by atoms with Crippen molar-refractivity contribution in [2.75, 3.05) is 13.7 Å². The molecule has 0 saturated carbocycles. The van der Waals surface area contributed by atoms with Crippen LogP contribution in [0.4, 0.5) is 0 Å². The van der Waals surface area contributed by atoms with Crippen molar-refractivity contribution in [1.82, 2.24) is 0 Å². The van der Waals surface area contributed by atoms with Crippen LogP contribution in [0.3, 0.4) is 0 Å². The second-order valence-electron chi connectivity index (χ2n) is 5.84. The van der Waals surface area contributed by atoms with Gasteiger partial charge in [0.25, 0.3) is 0 Å². The van der Waals surface area contributed by atoms with Crippen molar-refractivity contribution >= 4 is 11.8 Å². The van der Waals surface area contributed by atoms with Crippen molar-refractivity contribution in [2.45, 2.75) is 45.8 Å². The molecule has 0 amide bonds. The first-order valence-corrected chi connectivity index (χ1v) is 8.62. The van der Waals surface area contributed by atoms with Gasteiger partial charge in [0, 0.05) is 12.0 Å². The summed E-state index contributed by atoms with van der Waals surface area (Å²) in [4.78, 5) is 22.3. The molecule has 1 aromatic carbocycles. The number of benzene rings is 1. The molecule has 6 nitrogen and oxygen atoms in total. The highest BCUT2D eigenvalue weighted by atomic mass is 16.5. The molecular formula is C20H30O6. The molecule has 146 valence electrons. The summed E-state index contributed by atoms with van der Waals surface area (Å²) < 4.78 is 9.58. The number of carbonyl (C=O) groups excluding carboxylic acids is 2. The van der Waals surface area contributed by atoms with Gasteiger partial charge >= 0.3 is 5.97 Å². The molecule has 0 aliphatic heterocycles. The van der Waals surface area contributed by atoms with E-state index >= 15 is 0 Å². The smallest absolute Gasteiger partial charge is 0.313 e. The summed E-state index contributed by atoms with van der Waals surface area (Å²) >= 11 is 0. The summed E-state index contributed by atoms with van der Waals surface area (Å²) in [7, 11) is 1.56. The molecule has 0 aromatic heterocycles. The van der Waals surface area contributed by atoms with E-state index in [1.54, 1.807) is 38.3 Å². The lowest BCUT2D eigenvalue weighted by Gasteiger charge is -2.07. The molecule has 1 rings (SSSR count). The van der Waals surface area contributed by atoms with Crippen LogP contribution in [0.1, 0.15) is 51.4 Å². The first-order chi connectivity index (χ1) is 12.3. The minimum atomic E-state index is -1.40. The van der Waals surface area contributed by atoms with Crippen LogP contribution in [0.2, 0.25) is 0 Å². The second-order valence-corrected chi connectivity index (χ2v) is 5.84. The zero-order valence-corrected chi connectivity index (χ0v) is 15.8. The van der Waals surface area contributed by atoms with Crippen LogP contribution in [-0.2, 0) is 14.3 Å². The number of Topliss-reactive ketones (excluding diaryl/α,β-unsaturated/α-hetero) is 1. The van der Waals surface area contributed by atoms with Gasteiger partial charge in [-0.25, -0.2) is 0 Å². The molecule has 0 aliphatic carbocycles. The van der Waals surface area contributed by atoms with Crippen LogP contribution in [0.5, 0.6) is 5.75 Å². The third kappa shape index (κ3) is 11.4. The van der Waals surface area contributed by atoms with E-state index in [1.807, 2.05) is 6.08 Å². The Kier molecular flexibility index (Phi) is 12.9. The summed E-state index contributed by atoms with van der Waals surface area (Å²) in [6.07, 6.45) is 2.53. The normalized spacial score (nSPS) is 11.2. The van der Waals surface area contributed by atoms with E-state index in [2.05, 4.69) is 13.5 Å². The van der Waals surface area contributed by atoms with E-state index in [9.17, 15) is 9.59 Å². The van der Waals surface area contributed by atoms with Crippen molar-refractivity contribution in [3.05, 3.63) is 42.5 Å². The molecule has 26 heavy (non-hydrogen) atoms. The lowest BCUT2D eigenvalue weighted by atomic mass is 9.99. The number of ether oxygens (including phenoxy) is 2. The molecule has 0 fully saturated rings. The molecule has 0 aliphatic rings. The van der Waals surface area contributed by atoms with Gasteiger partial charge in [0.1, 0.15) is 18.0 Å². The van der Waals surface area contributed by atoms with Crippen LogP contribution in [0, 0.1) is 5.92 Å². The second kappa shape index (κ2) is 14.0. The van der Waals surface area contributed by atoms with Gasteiger partial charge in [0.15, 0.2) is 6.29 Å². The maximum atomic E-state index is 11.3. The predicted molar refractivity (Wildman–Crippen MR) is 99.6 cm³/mol. The van der Waals surface area contributed by atoms with Crippen molar-refractivity contribution in [2.24, 2.45) is 5.92 Å². The van der Waals surface area contributed by atoms with Gasteiger partial charge < -0.3 is 19.7 Å². The van der Waals surface area contributed by atoms with Crippen molar-refractivity contribution in [1.29, 1.82) is 0 Å². The maximum absolute atomic E-state index is 11.3. The van der Waals surface area contributed by atoms with Gasteiger partial charge in [-0.1, -0.05) is 25.1 Å². The van der Waals surface area contributed by atoms with Gasteiger partial charge in [-0.15, -0.1) is 6.58 Å². The van der Waals surface area contributed by atoms with Gasteiger partial charge in [0.05, 0.1) is 13.7 Å². The average Bonchev–Trinajstić information content (AvgIpc) is 2.61. The highest BCUT2D eigenvalue weighted by Crippen LogP contribution is 2.15. The number of ketones is 1. The third-order valence-electron chi connectivity index (χ3n) is 3.55. The Morgan fingerprint density at radius 3 is 2.31 bits per heavy atom. The summed E-state index contributed by atoms with van der Waals surface area (Å²) in [5.74, 6) is 0.700. The zero-order valence-electron chi connectivity index (χ0n) is 15.8. The summed E-state index contributed by atoms with van der Waals surface area (Å²) in [5, 5.41) is 17.4. The third-order valence-corrected chi connectivity index (χ3v) is 3.55. The number of hydrogen-bond acceptors (Lipinski definition) is 6. The SMILES string of the molecule is C=CC[C@@H](C)CCC(=O)CC(=O)OCC.COc1ccc(C(O)O)cc1. The molecular weight excluding hydrogens is 336 g/mol. The Hall–Kier alpha value is -2.18. The fraction of sp³-hybridized carbons (Fsp3) is 0.500. The summed E-state index contributed by atoms with van der Waals surface area (Å²) in [6, 6.07) is 6.55. The van der Waals surface area contributed by atoms with Crippen LogP contribution in [-0.4, -0.2) is 35.7 Å². The number of hydrogen-bond donors (Lipinski definition) is 2. The van der Waals surface area contributed by atoms with E-state index < -0.39 is 12.3 Å². The quantitative estimate of drug-likeness (QED) is 0.286. The van der Waals surface area contributed by atoms with Crippen molar-refractivity contribution in [3.8, 4) is 5.75 Å². The minimum Gasteiger partial charge on any atom is -0.497 e. The highest BCUT2D eigenvalue weighted by Gasteiger charge is 2.11. The Bertz CT molecular complexity index is 536. The van der Waals surface area contributed by atoms with Crippen LogP contribution in [0.25, 0.3) is 0 Å². The average molecular weight is 366 g/mol. The van der Waals surface area contributed by atoms with E-state index in [0.29, 0.717) is 30.3 Å². The van der Waals surface area contributed by atoms with E-state index in [1.165, 1.54) is 0 Å². The van der Waals surface area contributed by atoms with Crippen LogP contribution >= 0.6 is 0 Å².